The van der Waals surface area contributed by atoms with Gasteiger partial charge in [-0.1, -0.05) is 6.07 Å². The van der Waals surface area contributed by atoms with Crippen LogP contribution in [0.2, 0.25) is 0 Å². The molecule has 196 valence electrons. The molecule has 1 aliphatic carbocycles. The van der Waals surface area contributed by atoms with Gasteiger partial charge in [-0.3, -0.25) is 4.79 Å². The van der Waals surface area contributed by atoms with E-state index in [0.717, 1.165) is 61.2 Å². The van der Waals surface area contributed by atoms with Gasteiger partial charge < -0.3 is 19.6 Å². The summed E-state index contributed by atoms with van der Waals surface area (Å²) in [6.45, 7) is 4.91. The summed E-state index contributed by atoms with van der Waals surface area (Å²) in [5, 5.41) is 10.7. The van der Waals surface area contributed by atoms with Crippen molar-refractivity contribution in [3.8, 4) is 0 Å². The van der Waals surface area contributed by atoms with Crippen LogP contribution in [-0.2, 0) is 26.0 Å². The first-order valence-electron chi connectivity index (χ1n) is 13.0. The molecule has 3 aliphatic heterocycles. The molecule has 6 rings (SSSR count). The summed E-state index contributed by atoms with van der Waals surface area (Å²) in [6.07, 6.45) is 3.01. The molecular weight excluding hydrogens is 492 g/mol. The maximum atomic E-state index is 13.0. The zero-order chi connectivity index (χ0) is 25.9. The van der Waals surface area contributed by atoms with Gasteiger partial charge in [0.1, 0.15) is 6.61 Å². The molecule has 8 nitrogen and oxygen atoms in total. The van der Waals surface area contributed by atoms with Crippen LogP contribution in [0, 0.1) is 12.3 Å². The number of piperidine rings is 1. The first-order valence-corrected chi connectivity index (χ1v) is 14.6. The van der Waals surface area contributed by atoms with Crippen LogP contribution in [0.5, 0.6) is 0 Å². The lowest BCUT2D eigenvalue weighted by atomic mass is 9.77. The van der Waals surface area contributed by atoms with Gasteiger partial charge in [-0.05, 0) is 92.6 Å². The van der Waals surface area contributed by atoms with Crippen LogP contribution in [0.4, 0.5) is 5.69 Å². The van der Waals surface area contributed by atoms with Crippen molar-refractivity contribution in [2.24, 2.45) is 5.41 Å². The number of amides is 1. The molecule has 1 amide bonds. The molecule has 37 heavy (non-hydrogen) atoms. The van der Waals surface area contributed by atoms with Crippen molar-refractivity contribution in [2.45, 2.75) is 61.9 Å². The number of esters is 1. The summed E-state index contributed by atoms with van der Waals surface area (Å²) in [5.74, 6) is -0.225. The fourth-order valence-corrected chi connectivity index (χ4v) is 7.79. The largest absolute Gasteiger partial charge is 0.457 e. The highest BCUT2D eigenvalue weighted by molar-refractivity contribution is 7.92. The second-order valence-electron chi connectivity index (χ2n) is 11.1. The predicted molar refractivity (Wildman–Crippen MR) is 137 cm³/mol. The summed E-state index contributed by atoms with van der Waals surface area (Å²) >= 11 is 0. The Hall–Kier alpha value is -2.75. The number of carbonyl (C=O) groups excluding carboxylic acids is 2. The number of β-amino-alcohol motifs (C(OH)–C–C–N with tert-alkyl or cyclic N) is 1. The van der Waals surface area contributed by atoms with Crippen LogP contribution in [0.25, 0.3) is 0 Å². The van der Waals surface area contributed by atoms with E-state index in [1.807, 2.05) is 13.0 Å². The number of benzene rings is 2. The Morgan fingerprint density at radius 2 is 1.78 bits per heavy atom. The number of cyclic esters (lactones) is 1. The molecule has 2 aromatic carbocycles. The molecule has 2 aromatic rings. The van der Waals surface area contributed by atoms with E-state index < -0.39 is 15.9 Å². The summed E-state index contributed by atoms with van der Waals surface area (Å²) in [5.41, 5.74) is 3.84. The summed E-state index contributed by atoms with van der Waals surface area (Å²) < 4.78 is 30.1. The van der Waals surface area contributed by atoms with Gasteiger partial charge in [-0.25, -0.2) is 13.2 Å². The van der Waals surface area contributed by atoms with Crippen molar-refractivity contribution in [2.75, 3.05) is 31.1 Å². The van der Waals surface area contributed by atoms with Gasteiger partial charge in [0.15, 0.2) is 9.84 Å². The molecular formula is C28H32N2O6S. The maximum absolute atomic E-state index is 13.0. The number of ether oxygens (including phenoxy) is 1. The van der Waals surface area contributed by atoms with Gasteiger partial charge in [0.05, 0.1) is 21.8 Å². The maximum Gasteiger partial charge on any atom is 0.338 e. The van der Waals surface area contributed by atoms with Crippen molar-refractivity contribution in [1.82, 2.24) is 4.90 Å². The van der Waals surface area contributed by atoms with Gasteiger partial charge in [0.25, 0.3) is 0 Å². The van der Waals surface area contributed by atoms with E-state index in [9.17, 15) is 23.1 Å². The fourth-order valence-electron chi connectivity index (χ4n) is 6.13. The molecule has 9 heteroatoms. The smallest absolute Gasteiger partial charge is 0.338 e. The second-order valence-corrected chi connectivity index (χ2v) is 13.3. The number of anilines is 1. The Morgan fingerprint density at radius 3 is 2.46 bits per heavy atom. The first kappa shape index (κ1) is 24.6. The Bertz CT molecular complexity index is 1360. The lowest BCUT2D eigenvalue weighted by Crippen LogP contribution is -2.43. The van der Waals surface area contributed by atoms with Crippen LogP contribution >= 0.6 is 0 Å². The molecule has 4 aliphatic rings. The van der Waals surface area contributed by atoms with Gasteiger partial charge in [0, 0.05) is 30.8 Å². The van der Waals surface area contributed by atoms with E-state index in [0.29, 0.717) is 30.0 Å². The number of sulfone groups is 1. The molecule has 0 radical (unpaired) electrons. The van der Waals surface area contributed by atoms with Crippen molar-refractivity contribution in [1.29, 1.82) is 0 Å². The fraction of sp³-hybridized carbons (Fsp3) is 0.500. The number of likely N-dealkylation sites (tertiary alicyclic amines) is 1. The zero-order valence-corrected chi connectivity index (χ0v) is 21.8. The minimum absolute atomic E-state index is 0.0804. The molecule has 1 atom stereocenters. The minimum atomic E-state index is -3.24. The van der Waals surface area contributed by atoms with E-state index in [1.54, 1.807) is 35.2 Å². The third-order valence-corrected chi connectivity index (χ3v) is 11.0. The van der Waals surface area contributed by atoms with Crippen LogP contribution in [0.15, 0.2) is 41.3 Å². The minimum Gasteiger partial charge on any atom is -0.457 e. The monoisotopic (exact) mass is 524 g/mol. The Morgan fingerprint density at radius 1 is 1.08 bits per heavy atom. The Kier molecular flexibility index (Phi) is 5.93. The highest BCUT2D eigenvalue weighted by Gasteiger charge is 2.45. The average Bonchev–Trinajstić information content (AvgIpc) is 3.61. The van der Waals surface area contributed by atoms with Crippen molar-refractivity contribution < 1.29 is 27.9 Å². The van der Waals surface area contributed by atoms with Gasteiger partial charge in [-0.15, -0.1) is 0 Å². The summed E-state index contributed by atoms with van der Waals surface area (Å²) in [6, 6.07) is 10.4. The van der Waals surface area contributed by atoms with E-state index in [2.05, 4.69) is 4.90 Å². The molecule has 0 aromatic heterocycles. The van der Waals surface area contributed by atoms with E-state index in [-0.39, 0.29) is 29.1 Å². The zero-order valence-electron chi connectivity index (χ0n) is 21.0. The highest BCUT2D eigenvalue weighted by Crippen LogP contribution is 2.43. The average molecular weight is 525 g/mol. The molecule has 0 bridgehead atoms. The lowest BCUT2D eigenvalue weighted by molar-refractivity contribution is -0.118. The SMILES string of the molecule is Cc1c(C(O)CN2CCC3(CC2)CC(=O)N(c2ccc(S(=O)(=O)C4CC4)cc2)C3)ccc2c1COC2=O. The summed E-state index contributed by atoms with van der Waals surface area (Å²) in [7, 11) is -3.24. The molecule has 3 heterocycles. The summed E-state index contributed by atoms with van der Waals surface area (Å²) in [4.78, 5) is 29.2. The van der Waals surface area contributed by atoms with E-state index in [4.69, 9.17) is 4.74 Å². The molecule has 2 saturated heterocycles. The molecule has 1 unspecified atom stereocenters. The number of hydrogen-bond donors (Lipinski definition) is 1. The topological polar surface area (TPSA) is 104 Å². The van der Waals surface area contributed by atoms with Crippen LogP contribution in [-0.4, -0.2) is 61.7 Å². The van der Waals surface area contributed by atoms with Crippen LogP contribution in [0.3, 0.4) is 0 Å². The van der Waals surface area contributed by atoms with E-state index in [1.165, 1.54) is 0 Å². The molecule has 1 spiro atoms. The van der Waals surface area contributed by atoms with Gasteiger partial charge in [-0.2, -0.15) is 0 Å². The normalized spacial score (nSPS) is 22.4. The first-order chi connectivity index (χ1) is 17.7. The standard InChI is InChI=1S/C28H32N2O6S/c1-18-22(8-9-23-24(18)16-36-27(23)33)25(31)15-29-12-10-28(11-13-29)14-26(32)30(17-28)19-2-4-20(5-3-19)37(34,35)21-6-7-21/h2-5,8-9,21,25,31H,6-7,10-17H2,1H3. The molecule has 1 N–H and O–H groups in total. The number of aliphatic hydroxyl groups is 1. The van der Waals surface area contributed by atoms with Crippen molar-refractivity contribution >= 4 is 27.4 Å². The van der Waals surface area contributed by atoms with Gasteiger partial charge >= 0.3 is 5.97 Å². The number of nitrogens with zero attached hydrogens (tertiary/aromatic N) is 2. The molecule has 1 saturated carbocycles. The Labute approximate surface area is 217 Å². The number of carbonyl (C=O) groups is 2. The quantitative estimate of drug-likeness (QED) is 0.579. The van der Waals surface area contributed by atoms with E-state index >= 15 is 0 Å². The van der Waals surface area contributed by atoms with Crippen LogP contribution in [0.1, 0.15) is 65.3 Å². The van der Waals surface area contributed by atoms with Crippen molar-refractivity contribution in [3.63, 3.8) is 0 Å². The number of aliphatic hydroxyl groups excluding tert-OH is 1. The van der Waals surface area contributed by atoms with Crippen molar-refractivity contribution in [3.05, 3.63) is 58.7 Å². The Balaban J connectivity index is 1.08. The third kappa shape index (κ3) is 4.36. The molecule has 3 fully saturated rings. The van der Waals surface area contributed by atoms with Crippen LogP contribution < -0.4 is 4.90 Å². The predicted octanol–water partition coefficient (Wildman–Crippen LogP) is 3.15. The number of hydrogen-bond acceptors (Lipinski definition) is 7. The third-order valence-electron chi connectivity index (χ3n) is 8.68. The highest BCUT2D eigenvalue weighted by atomic mass is 32.2. The number of fused-ring (bicyclic) bond motifs is 1. The number of rotatable bonds is 6. The lowest BCUT2D eigenvalue weighted by Gasteiger charge is -2.39. The second kappa shape index (κ2) is 8.92. The van der Waals surface area contributed by atoms with Gasteiger partial charge in [0.2, 0.25) is 5.91 Å².